The highest BCUT2D eigenvalue weighted by Crippen LogP contribution is 2.17. The van der Waals surface area contributed by atoms with Crippen molar-refractivity contribution in [3.63, 3.8) is 0 Å². The summed E-state index contributed by atoms with van der Waals surface area (Å²) in [4.78, 5) is 23.7. The largest absolute Gasteiger partial charge is 0.290 e. The predicted octanol–water partition coefficient (Wildman–Crippen LogP) is 3.81. The van der Waals surface area contributed by atoms with E-state index >= 15 is 0 Å². The van der Waals surface area contributed by atoms with Crippen LogP contribution in [-0.4, -0.2) is 17.7 Å². The molecule has 92 valence electrons. The second-order valence-corrected chi connectivity index (χ2v) is 4.96. The average Bonchev–Trinajstić information content (AvgIpc) is 2.91. The maximum Gasteiger partial charge on any atom is 0.226 e. The first-order valence-electron chi connectivity index (χ1n) is 5.11. The molecule has 5 heteroatoms. The number of alkyl halides is 1. The Labute approximate surface area is 112 Å². The third kappa shape index (κ3) is 2.66. The lowest BCUT2D eigenvalue weighted by Crippen LogP contribution is -2.25. The van der Waals surface area contributed by atoms with Gasteiger partial charge in [0.15, 0.2) is 0 Å². The molecule has 0 N–H and O–H groups in total. The van der Waals surface area contributed by atoms with E-state index in [-0.39, 0.29) is 10.4 Å². The van der Waals surface area contributed by atoms with Gasteiger partial charge in [-0.2, -0.15) is 0 Å². The molecule has 0 saturated carbocycles. The quantitative estimate of drug-likeness (QED) is 0.631. The second-order valence-electron chi connectivity index (χ2n) is 3.58. The summed E-state index contributed by atoms with van der Waals surface area (Å²) in [5.41, 5.74) is 0.136. The number of benzene rings is 1. The minimum atomic E-state index is -2.16. The first kappa shape index (κ1) is 12.9. The van der Waals surface area contributed by atoms with Gasteiger partial charge >= 0.3 is 0 Å². The maximum atomic E-state index is 13.8. The Morgan fingerprint density at radius 1 is 1.11 bits per heavy atom. The van der Waals surface area contributed by atoms with Crippen molar-refractivity contribution < 1.29 is 14.0 Å². The molecule has 1 aromatic carbocycles. The lowest BCUT2D eigenvalue weighted by atomic mass is 10.0. The van der Waals surface area contributed by atoms with Crippen LogP contribution in [0.5, 0.6) is 0 Å². The Morgan fingerprint density at radius 3 is 2.33 bits per heavy atom. The van der Waals surface area contributed by atoms with E-state index in [2.05, 4.69) is 0 Å². The van der Waals surface area contributed by atoms with E-state index < -0.39 is 17.7 Å². The number of carbonyl (C=O) groups excluding carboxylic acids is 2. The van der Waals surface area contributed by atoms with Crippen LogP contribution in [0.4, 0.5) is 4.39 Å². The first-order valence-corrected chi connectivity index (χ1v) is 6.37. The minimum absolute atomic E-state index is 0.136. The zero-order chi connectivity index (χ0) is 13.1. The van der Waals surface area contributed by atoms with Crippen LogP contribution in [0, 0.1) is 0 Å². The number of hydrogen-bond donors (Lipinski definition) is 0. The summed E-state index contributed by atoms with van der Waals surface area (Å²) >= 11 is 6.78. The molecule has 0 aliphatic heterocycles. The van der Waals surface area contributed by atoms with Crippen LogP contribution in [0.2, 0.25) is 5.02 Å². The lowest BCUT2D eigenvalue weighted by molar-refractivity contribution is 0.0761. The SMILES string of the molecule is O=C(c1ccc(Cl)cc1)C(F)C(=O)c1cccs1. The molecule has 2 aromatic rings. The molecule has 2 nitrogen and oxygen atoms in total. The van der Waals surface area contributed by atoms with Crippen LogP contribution < -0.4 is 0 Å². The van der Waals surface area contributed by atoms with E-state index in [1.54, 1.807) is 11.4 Å². The number of halogens is 2. The average molecular weight is 283 g/mol. The molecular weight excluding hydrogens is 275 g/mol. The van der Waals surface area contributed by atoms with E-state index in [0.29, 0.717) is 5.02 Å². The third-order valence-corrected chi connectivity index (χ3v) is 3.49. The topological polar surface area (TPSA) is 34.1 Å². The van der Waals surface area contributed by atoms with Crippen molar-refractivity contribution in [2.24, 2.45) is 0 Å². The monoisotopic (exact) mass is 282 g/mol. The highest BCUT2D eigenvalue weighted by atomic mass is 35.5. The van der Waals surface area contributed by atoms with E-state index in [4.69, 9.17) is 11.6 Å². The Hall–Kier alpha value is -1.52. The van der Waals surface area contributed by atoms with Crippen LogP contribution in [-0.2, 0) is 0 Å². The fourth-order valence-electron chi connectivity index (χ4n) is 1.42. The van der Waals surface area contributed by atoms with Crippen LogP contribution in [0.3, 0.4) is 0 Å². The molecule has 0 bridgehead atoms. The number of hydrogen-bond acceptors (Lipinski definition) is 3. The van der Waals surface area contributed by atoms with Gasteiger partial charge in [0.25, 0.3) is 0 Å². The molecule has 0 aliphatic rings. The van der Waals surface area contributed by atoms with Crippen LogP contribution in [0.25, 0.3) is 0 Å². The molecule has 0 amide bonds. The normalized spacial score (nSPS) is 12.1. The van der Waals surface area contributed by atoms with E-state index in [0.717, 1.165) is 11.3 Å². The third-order valence-electron chi connectivity index (χ3n) is 2.35. The van der Waals surface area contributed by atoms with Gasteiger partial charge in [0.2, 0.25) is 17.7 Å². The molecular formula is C13H8ClFO2S. The summed E-state index contributed by atoms with van der Waals surface area (Å²) in [6.45, 7) is 0. The Bertz CT molecular complexity index is 563. The number of ketones is 2. The summed E-state index contributed by atoms with van der Waals surface area (Å²) in [7, 11) is 0. The zero-order valence-electron chi connectivity index (χ0n) is 9.10. The standard InChI is InChI=1S/C13H8ClFO2S/c14-9-5-3-8(4-6-9)12(16)11(15)13(17)10-2-1-7-18-10/h1-7,11H. The number of carbonyl (C=O) groups is 2. The summed E-state index contributed by atoms with van der Waals surface area (Å²) in [5.74, 6) is -1.64. The fraction of sp³-hybridized carbons (Fsp3) is 0.0769. The van der Waals surface area contributed by atoms with Crippen molar-refractivity contribution in [2.75, 3.05) is 0 Å². The van der Waals surface area contributed by atoms with Gasteiger partial charge < -0.3 is 0 Å². The fourth-order valence-corrected chi connectivity index (χ4v) is 2.23. The molecule has 0 spiro atoms. The van der Waals surface area contributed by atoms with Crippen molar-refractivity contribution in [1.29, 1.82) is 0 Å². The van der Waals surface area contributed by atoms with Crippen LogP contribution in [0.1, 0.15) is 20.0 Å². The van der Waals surface area contributed by atoms with Gasteiger partial charge in [-0.1, -0.05) is 17.7 Å². The number of thiophene rings is 1. The zero-order valence-corrected chi connectivity index (χ0v) is 10.7. The van der Waals surface area contributed by atoms with Crippen LogP contribution >= 0.6 is 22.9 Å². The van der Waals surface area contributed by atoms with Gasteiger partial charge in [0.1, 0.15) is 0 Å². The van der Waals surface area contributed by atoms with E-state index in [9.17, 15) is 14.0 Å². The Kier molecular flexibility index (Phi) is 3.89. The van der Waals surface area contributed by atoms with Gasteiger partial charge in [-0.15, -0.1) is 11.3 Å². The lowest BCUT2D eigenvalue weighted by Gasteiger charge is -2.05. The van der Waals surface area contributed by atoms with Crippen molar-refractivity contribution >= 4 is 34.5 Å². The van der Waals surface area contributed by atoms with E-state index in [1.165, 1.54) is 30.3 Å². The van der Waals surface area contributed by atoms with Crippen molar-refractivity contribution in [3.05, 3.63) is 57.2 Å². The molecule has 1 unspecified atom stereocenters. The van der Waals surface area contributed by atoms with Crippen molar-refractivity contribution in [3.8, 4) is 0 Å². The molecule has 0 aliphatic carbocycles. The molecule has 1 atom stereocenters. The van der Waals surface area contributed by atoms with Gasteiger partial charge in [-0.25, -0.2) is 4.39 Å². The van der Waals surface area contributed by atoms with Gasteiger partial charge in [0.05, 0.1) is 4.88 Å². The van der Waals surface area contributed by atoms with E-state index in [1.807, 2.05) is 0 Å². The minimum Gasteiger partial charge on any atom is -0.290 e. The summed E-state index contributed by atoms with van der Waals surface area (Å²) < 4.78 is 13.8. The predicted molar refractivity (Wildman–Crippen MR) is 69.3 cm³/mol. The number of Topliss-reactive ketones (excluding diaryl/α,β-unsaturated/α-hetero) is 2. The molecule has 1 heterocycles. The Morgan fingerprint density at radius 2 is 1.78 bits per heavy atom. The summed E-state index contributed by atoms with van der Waals surface area (Å²) in [5, 5.41) is 2.11. The molecule has 2 rings (SSSR count). The van der Waals surface area contributed by atoms with Crippen molar-refractivity contribution in [1.82, 2.24) is 0 Å². The molecule has 0 radical (unpaired) electrons. The molecule has 0 saturated heterocycles. The maximum absolute atomic E-state index is 13.8. The van der Waals surface area contributed by atoms with Crippen molar-refractivity contribution in [2.45, 2.75) is 6.17 Å². The highest BCUT2D eigenvalue weighted by molar-refractivity contribution is 7.12. The molecule has 1 aromatic heterocycles. The van der Waals surface area contributed by atoms with Gasteiger partial charge in [-0.3, -0.25) is 9.59 Å². The smallest absolute Gasteiger partial charge is 0.226 e. The van der Waals surface area contributed by atoms with Gasteiger partial charge in [0, 0.05) is 10.6 Å². The molecule has 0 fully saturated rings. The second kappa shape index (κ2) is 5.42. The van der Waals surface area contributed by atoms with Crippen LogP contribution in [0.15, 0.2) is 41.8 Å². The summed E-state index contributed by atoms with van der Waals surface area (Å²) in [6, 6.07) is 8.90. The number of rotatable bonds is 4. The first-order chi connectivity index (χ1) is 8.59. The molecule has 18 heavy (non-hydrogen) atoms. The summed E-state index contributed by atoms with van der Waals surface area (Å²) in [6.07, 6.45) is -2.16. The van der Waals surface area contributed by atoms with Gasteiger partial charge in [-0.05, 0) is 35.7 Å². The Balaban J connectivity index is 2.19. The highest BCUT2D eigenvalue weighted by Gasteiger charge is 2.28.